The van der Waals surface area contributed by atoms with Gasteiger partial charge in [0.15, 0.2) is 0 Å². The minimum Gasteiger partial charge on any atom is -0.394 e. The van der Waals surface area contributed by atoms with E-state index >= 15 is 0 Å². The average Bonchev–Trinajstić information content (AvgIpc) is 2.96. The van der Waals surface area contributed by atoms with E-state index in [2.05, 4.69) is 49.0 Å². The molecule has 21 heavy (non-hydrogen) atoms. The second kappa shape index (κ2) is 5.53. The molecule has 2 aromatic rings. The maximum atomic E-state index is 9.12. The summed E-state index contributed by atoms with van der Waals surface area (Å²) in [4.78, 5) is 2.45. The third-order valence-corrected chi connectivity index (χ3v) is 4.42. The number of hydrogen-bond donors (Lipinski definition) is 1. The first kappa shape index (κ1) is 14.1. The van der Waals surface area contributed by atoms with Crippen LogP contribution >= 0.6 is 0 Å². The summed E-state index contributed by atoms with van der Waals surface area (Å²) >= 11 is 0. The van der Waals surface area contributed by atoms with Gasteiger partial charge in [-0.1, -0.05) is 12.1 Å². The Labute approximate surface area is 126 Å². The number of aryl methyl sites for hydroxylation is 2. The first-order valence-electron chi connectivity index (χ1n) is 7.58. The second-order valence-corrected chi connectivity index (χ2v) is 5.90. The standard InChI is InChI=1S/C17H23N3O/c1-12-4-5-15-6-7-19(17(15)10-12)11-16-13(2)18-20(8-9-21)14(16)3/h4-5,10,21H,6-9,11H2,1-3H3. The quantitative estimate of drug-likeness (QED) is 0.937. The molecule has 112 valence electrons. The van der Waals surface area contributed by atoms with E-state index in [1.807, 2.05) is 4.68 Å². The molecule has 4 nitrogen and oxygen atoms in total. The maximum absolute atomic E-state index is 9.12. The predicted molar refractivity (Wildman–Crippen MR) is 84.7 cm³/mol. The first-order chi connectivity index (χ1) is 10.1. The van der Waals surface area contributed by atoms with Gasteiger partial charge in [-0.25, -0.2) is 0 Å². The van der Waals surface area contributed by atoms with Crippen molar-refractivity contribution in [3.63, 3.8) is 0 Å². The van der Waals surface area contributed by atoms with Crippen LogP contribution in [-0.2, 0) is 19.5 Å². The van der Waals surface area contributed by atoms with Crippen LogP contribution in [0.5, 0.6) is 0 Å². The van der Waals surface area contributed by atoms with E-state index in [9.17, 15) is 0 Å². The van der Waals surface area contributed by atoms with Crippen molar-refractivity contribution in [3.05, 3.63) is 46.3 Å². The summed E-state index contributed by atoms with van der Waals surface area (Å²) in [6.07, 6.45) is 1.12. The van der Waals surface area contributed by atoms with E-state index in [0.29, 0.717) is 6.54 Å². The second-order valence-electron chi connectivity index (χ2n) is 5.90. The molecule has 4 heteroatoms. The molecule has 3 rings (SSSR count). The highest BCUT2D eigenvalue weighted by Crippen LogP contribution is 2.31. The van der Waals surface area contributed by atoms with Crippen molar-refractivity contribution in [1.82, 2.24) is 9.78 Å². The molecule has 0 spiro atoms. The van der Waals surface area contributed by atoms with Crippen molar-refractivity contribution in [2.75, 3.05) is 18.1 Å². The van der Waals surface area contributed by atoms with Crippen molar-refractivity contribution >= 4 is 5.69 Å². The number of nitrogens with zero attached hydrogens (tertiary/aromatic N) is 3. The highest BCUT2D eigenvalue weighted by Gasteiger charge is 2.22. The zero-order chi connectivity index (χ0) is 15.0. The summed E-state index contributed by atoms with van der Waals surface area (Å²) in [5.41, 5.74) is 7.65. The maximum Gasteiger partial charge on any atom is 0.0646 e. The van der Waals surface area contributed by atoms with Crippen LogP contribution in [0.1, 0.15) is 28.1 Å². The van der Waals surface area contributed by atoms with Gasteiger partial charge in [0.1, 0.15) is 0 Å². The Morgan fingerprint density at radius 1 is 1.24 bits per heavy atom. The zero-order valence-corrected chi connectivity index (χ0v) is 13.1. The molecule has 0 amide bonds. The Morgan fingerprint density at radius 2 is 2.05 bits per heavy atom. The van der Waals surface area contributed by atoms with Crippen LogP contribution in [-0.4, -0.2) is 28.0 Å². The lowest BCUT2D eigenvalue weighted by Gasteiger charge is -2.20. The molecule has 0 radical (unpaired) electrons. The largest absolute Gasteiger partial charge is 0.394 e. The third kappa shape index (κ3) is 2.56. The van der Waals surface area contributed by atoms with Gasteiger partial charge in [0.25, 0.3) is 0 Å². The number of aliphatic hydroxyl groups is 1. The summed E-state index contributed by atoms with van der Waals surface area (Å²) in [5.74, 6) is 0. The van der Waals surface area contributed by atoms with Gasteiger partial charge in [0.05, 0.1) is 18.8 Å². The molecule has 1 N–H and O–H groups in total. The SMILES string of the molecule is Cc1ccc2c(c1)N(Cc1c(C)nn(CCO)c1C)CC2. The lowest BCUT2D eigenvalue weighted by Crippen LogP contribution is -2.20. The molecular formula is C17H23N3O. The van der Waals surface area contributed by atoms with Gasteiger partial charge in [0.2, 0.25) is 0 Å². The summed E-state index contributed by atoms with van der Waals surface area (Å²) in [5, 5.41) is 13.7. The fourth-order valence-electron chi connectivity index (χ4n) is 3.19. The molecule has 1 aliphatic rings. The van der Waals surface area contributed by atoms with Crippen LogP contribution in [0.2, 0.25) is 0 Å². The monoisotopic (exact) mass is 285 g/mol. The lowest BCUT2D eigenvalue weighted by molar-refractivity contribution is 0.268. The van der Waals surface area contributed by atoms with Gasteiger partial charge in [-0.15, -0.1) is 0 Å². The van der Waals surface area contributed by atoms with Crippen LogP contribution in [0.4, 0.5) is 5.69 Å². The van der Waals surface area contributed by atoms with E-state index < -0.39 is 0 Å². The van der Waals surface area contributed by atoms with Gasteiger partial charge in [0, 0.05) is 30.0 Å². The number of aliphatic hydroxyl groups excluding tert-OH is 1. The van der Waals surface area contributed by atoms with Gasteiger partial charge in [-0.3, -0.25) is 4.68 Å². The van der Waals surface area contributed by atoms with Crippen LogP contribution in [0, 0.1) is 20.8 Å². The lowest BCUT2D eigenvalue weighted by atomic mass is 10.1. The Balaban J connectivity index is 1.88. The van der Waals surface area contributed by atoms with Crippen LogP contribution in [0.3, 0.4) is 0 Å². The van der Waals surface area contributed by atoms with Gasteiger partial charge < -0.3 is 10.0 Å². The van der Waals surface area contributed by atoms with Crippen LogP contribution < -0.4 is 4.90 Å². The molecule has 0 bridgehead atoms. The van der Waals surface area contributed by atoms with E-state index in [1.54, 1.807) is 0 Å². The van der Waals surface area contributed by atoms with Crippen LogP contribution in [0.25, 0.3) is 0 Å². The van der Waals surface area contributed by atoms with Crippen molar-refractivity contribution in [1.29, 1.82) is 0 Å². The Morgan fingerprint density at radius 3 is 2.81 bits per heavy atom. The topological polar surface area (TPSA) is 41.3 Å². The van der Waals surface area contributed by atoms with Crippen LogP contribution in [0.15, 0.2) is 18.2 Å². The molecular weight excluding hydrogens is 262 g/mol. The predicted octanol–water partition coefficient (Wildman–Crippen LogP) is 2.36. The first-order valence-corrected chi connectivity index (χ1v) is 7.58. The van der Waals surface area contributed by atoms with Gasteiger partial charge in [-0.05, 0) is 44.4 Å². The fraction of sp³-hybridized carbons (Fsp3) is 0.471. The van der Waals surface area contributed by atoms with Gasteiger partial charge >= 0.3 is 0 Å². The normalized spacial score (nSPS) is 13.8. The molecule has 0 saturated heterocycles. The minimum atomic E-state index is 0.132. The molecule has 1 aliphatic heterocycles. The molecule has 0 unspecified atom stereocenters. The number of benzene rings is 1. The van der Waals surface area contributed by atoms with Gasteiger partial charge in [-0.2, -0.15) is 5.10 Å². The van der Waals surface area contributed by atoms with Crippen molar-refractivity contribution in [2.45, 2.75) is 40.3 Å². The summed E-state index contributed by atoms with van der Waals surface area (Å²) in [6.45, 7) is 8.98. The molecule has 2 heterocycles. The third-order valence-electron chi connectivity index (χ3n) is 4.42. The molecule has 0 fully saturated rings. The highest BCUT2D eigenvalue weighted by molar-refractivity contribution is 5.59. The Hall–Kier alpha value is -1.81. The van der Waals surface area contributed by atoms with E-state index in [-0.39, 0.29) is 6.61 Å². The van der Waals surface area contributed by atoms with Crippen molar-refractivity contribution in [2.24, 2.45) is 0 Å². The molecule has 0 aliphatic carbocycles. The number of fused-ring (bicyclic) bond motifs is 1. The van der Waals surface area contributed by atoms with E-state index in [4.69, 9.17) is 5.11 Å². The number of anilines is 1. The fourth-order valence-corrected chi connectivity index (χ4v) is 3.19. The Bertz CT molecular complexity index is 660. The number of hydrogen-bond acceptors (Lipinski definition) is 3. The zero-order valence-electron chi connectivity index (χ0n) is 13.1. The number of rotatable bonds is 4. The number of aromatic nitrogens is 2. The Kier molecular flexibility index (Phi) is 3.72. The summed E-state index contributed by atoms with van der Waals surface area (Å²) < 4.78 is 1.91. The average molecular weight is 285 g/mol. The van der Waals surface area contributed by atoms with Crippen molar-refractivity contribution < 1.29 is 5.11 Å². The molecule has 0 saturated carbocycles. The van der Waals surface area contributed by atoms with Crippen molar-refractivity contribution in [3.8, 4) is 0 Å². The molecule has 1 aromatic heterocycles. The molecule has 1 aromatic carbocycles. The molecule has 0 atom stereocenters. The minimum absolute atomic E-state index is 0.132. The van der Waals surface area contributed by atoms with E-state index in [0.717, 1.165) is 25.2 Å². The summed E-state index contributed by atoms with van der Waals surface area (Å²) in [6, 6.07) is 6.73. The highest BCUT2D eigenvalue weighted by atomic mass is 16.3. The van der Waals surface area contributed by atoms with E-state index in [1.165, 1.54) is 28.1 Å². The summed E-state index contributed by atoms with van der Waals surface area (Å²) in [7, 11) is 0. The smallest absolute Gasteiger partial charge is 0.0646 e.